The second-order valence-corrected chi connectivity index (χ2v) is 7.97. The highest BCUT2D eigenvalue weighted by Crippen LogP contribution is 2.25. The molecule has 1 aromatic carbocycles. The molecule has 0 aliphatic carbocycles. The van der Waals surface area contributed by atoms with E-state index in [2.05, 4.69) is 15.3 Å². The van der Waals surface area contributed by atoms with Gasteiger partial charge < -0.3 is 19.9 Å². The zero-order chi connectivity index (χ0) is 23.3. The maximum atomic E-state index is 12.5. The Kier molecular flexibility index (Phi) is 7.42. The van der Waals surface area contributed by atoms with E-state index in [1.165, 1.54) is 11.8 Å². The molecule has 2 atom stereocenters. The number of alkyl halides is 3. The van der Waals surface area contributed by atoms with E-state index in [9.17, 15) is 18.0 Å². The summed E-state index contributed by atoms with van der Waals surface area (Å²) < 4.78 is 43.5. The van der Waals surface area contributed by atoms with Gasteiger partial charge in [-0.15, -0.1) is 0 Å². The van der Waals surface area contributed by atoms with Gasteiger partial charge in [-0.25, -0.2) is 4.98 Å². The number of nitrogens with one attached hydrogen (secondary N) is 1. The average molecular weight is 451 g/mol. The lowest BCUT2D eigenvalue weighted by atomic mass is 10.1. The Balaban J connectivity index is 1.56. The van der Waals surface area contributed by atoms with Gasteiger partial charge in [0.1, 0.15) is 17.7 Å². The fraction of sp³-hybridized carbons (Fsp3) is 0.500. The van der Waals surface area contributed by atoms with Gasteiger partial charge in [0.2, 0.25) is 11.9 Å². The van der Waals surface area contributed by atoms with Gasteiger partial charge in [0.05, 0.1) is 19.0 Å². The summed E-state index contributed by atoms with van der Waals surface area (Å²) in [6, 6.07) is 9.29. The van der Waals surface area contributed by atoms with Crippen LogP contribution in [-0.4, -0.2) is 54.8 Å². The average Bonchev–Trinajstić information content (AvgIpc) is 3.20. The third-order valence-electron chi connectivity index (χ3n) is 5.27. The first kappa shape index (κ1) is 23.6. The first-order valence-electron chi connectivity index (χ1n) is 10.5. The lowest BCUT2D eigenvalue weighted by Crippen LogP contribution is -2.28. The summed E-state index contributed by atoms with van der Waals surface area (Å²) in [5.74, 6) is 1.59. The molecule has 1 fully saturated rings. The van der Waals surface area contributed by atoms with E-state index in [4.69, 9.17) is 4.74 Å². The van der Waals surface area contributed by atoms with Crippen molar-refractivity contribution in [3.05, 3.63) is 42.1 Å². The fourth-order valence-electron chi connectivity index (χ4n) is 3.54. The molecule has 1 aliphatic rings. The van der Waals surface area contributed by atoms with Crippen molar-refractivity contribution in [2.24, 2.45) is 0 Å². The van der Waals surface area contributed by atoms with Crippen LogP contribution in [0.25, 0.3) is 0 Å². The SMILES string of the molecule is CC(=O)N[C@@H](C)c1ccc(O[C@@H]2CCN(c3ccnc(N(C)CCC(F)(F)F)n3)C2)cc1. The quantitative estimate of drug-likeness (QED) is 0.660. The van der Waals surface area contributed by atoms with E-state index in [1.54, 1.807) is 19.3 Å². The van der Waals surface area contributed by atoms with Gasteiger partial charge in [-0.05, 0) is 30.7 Å². The lowest BCUT2D eigenvalue weighted by Gasteiger charge is -2.22. The Hall–Kier alpha value is -3.04. The van der Waals surface area contributed by atoms with Crippen LogP contribution in [0.4, 0.5) is 24.9 Å². The molecule has 174 valence electrons. The summed E-state index contributed by atoms with van der Waals surface area (Å²) in [5.41, 5.74) is 0.990. The van der Waals surface area contributed by atoms with Crippen molar-refractivity contribution in [1.82, 2.24) is 15.3 Å². The molecule has 1 aliphatic heterocycles. The summed E-state index contributed by atoms with van der Waals surface area (Å²) in [7, 11) is 1.55. The number of rotatable bonds is 8. The van der Waals surface area contributed by atoms with E-state index in [0.717, 1.165) is 24.3 Å². The van der Waals surface area contributed by atoms with Crippen LogP contribution in [-0.2, 0) is 4.79 Å². The van der Waals surface area contributed by atoms with Crippen LogP contribution >= 0.6 is 0 Å². The first-order valence-corrected chi connectivity index (χ1v) is 10.5. The number of anilines is 2. The van der Waals surface area contributed by atoms with Crippen LogP contribution in [0, 0.1) is 0 Å². The summed E-state index contributed by atoms with van der Waals surface area (Å²) in [6.45, 7) is 4.55. The van der Waals surface area contributed by atoms with E-state index in [1.807, 2.05) is 36.1 Å². The molecule has 32 heavy (non-hydrogen) atoms. The van der Waals surface area contributed by atoms with Crippen LogP contribution in [0.2, 0.25) is 0 Å². The predicted molar refractivity (Wildman–Crippen MR) is 116 cm³/mol. The molecule has 2 heterocycles. The largest absolute Gasteiger partial charge is 0.489 e. The van der Waals surface area contributed by atoms with Gasteiger partial charge in [0, 0.05) is 39.7 Å². The Morgan fingerprint density at radius 2 is 2.03 bits per heavy atom. The second-order valence-electron chi connectivity index (χ2n) is 7.97. The monoisotopic (exact) mass is 451 g/mol. The van der Waals surface area contributed by atoms with Crippen molar-refractivity contribution in [2.75, 3.05) is 36.5 Å². The van der Waals surface area contributed by atoms with Crippen molar-refractivity contribution in [3.8, 4) is 5.75 Å². The lowest BCUT2D eigenvalue weighted by molar-refractivity contribution is -0.132. The summed E-state index contributed by atoms with van der Waals surface area (Å²) in [5, 5.41) is 2.85. The predicted octanol–water partition coefficient (Wildman–Crippen LogP) is 3.72. The van der Waals surface area contributed by atoms with E-state index in [-0.39, 0.29) is 30.5 Å². The van der Waals surface area contributed by atoms with Gasteiger partial charge in [0.15, 0.2) is 0 Å². The third-order valence-corrected chi connectivity index (χ3v) is 5.27. The van der Waals surface area contributed by atoms with Gasteiger partial charge in [-0.1, -0.05) is 12.1 Å². The molecule has 2 aromatic rings. The van der Waals surface area contributed by atoms with Gasteiger partial charge in [-0.3, -0.25) is 4.79 Å². The topological polar surface area (TPSA) is 70.6 Å². The molecule has 1 amide bonds. The maximum absolute atomic E-state index is 12.5. The number of benzene rings is 1. The van der Waals surface area contributed by atoms with Crippen LogP contribution in [0.3, 0.4) is 0 Å². The summed E-state index contributed by atoms with van der Waals surface area (Å²) in [6.07, 6.45) is -2.81. The molecule has 1 aromatic heterocycles. The third kappa shape index (κ3) is 6.73. The minimum atomic E-state index is -4.22. The molecule has 7 nitrogen and oxygen atoms in total. The van der Waals surface area contributed by atoms with Crippen molar-refractivity contribution in [1.29, 1.82) is 0 Å². The summed E-state index contributed by atoms with van der Waals surface area (Å²) >= 11 is 0. The van der Waals surface area contributed by atoms with E-state index >= 15 is 0 Å². The fourth-order valence-corrected chi connectivity index (χ4v) is 3.54. The molecule has 0 radical (unpaired) electrons. The van der Waals surface area contributed by atoms with E-state index in [0.29, 0.717) is 12.4 Å². The number of aromatic nitrogens is 2. The highest BCUT2D eigenvalue weighted by Gasteiger charge is 2.28. The highest BCUT2D eigenvalue weighted by atomic mass is 19.4. The number of halogens is 3. The number of nitrogens with zero attached hydrogens (tertiary/aromatic N) is 4. The highest BCUT2D eigenvalue weighted by molar-refractivity contribution is 5.73. The number of carbonyl (C=O) groups is 1. The second kappa shape index (κ2) is 10.1. The first-order chi connectivity index (χ1) is 15.1. The molecule has 0 spiro atoms. The Labute approximate surface area is 185 Å². The molecule has 0 unspecified atom stereocenters. The molecular weight excluding hydrogens is 423 g/mol. The zero-order valence-electron chi connectivity index (χ0n) is 18.4. The van der Waals surface area contributed by atoms with Crippen molar-refractivity contribution < 1.29 is 22.7 Å². The van der Waals surface area contributed by atoms with Crippen molar-refractivity contribution in [3.63, 3.8) is 0 Å². The number of ether oxygens (including phenoxy) is 1. The molecule has 0 saturated carbocycles. The minimum Gasteiger partial charge on any atom is -0.489 e. The molecule has 3 rings (SSSR count). The minimum absolute atomic E-state index is 0.0324. The number of amides is 1. The van der Waals surface area contributed by atoms with Gasteiger partial charge >= 0.3 is 6.18 Å². The van der Waals surface area contributed by atoms with Crippen LogP contribution < -0.4 is 19.9 Å². The van der Waals surface area contributed by atoms with Crippen molar-refractivity contribution in [2.45, 2.75) is 45.0 Å². The Morgan fingerprint density at radius 1 is 1.31 bits per heavy atom. The van der Waals surface area contributed by atoms with Crippen LogP contribution in [0.5, 0.6) is 5.75 Å². The maximum Gasteiger partial charge on any atom is 0.390 e. The van der Waals surface area contributed by atoms with E-state index < -0.39 is 12.6 Å². The zero-order valence-corrected chi connectivity index (χ0v) is 18.4. The normalized spacial score (nSPS) is 17.2. The number of carbonyl (C=O) groups excluding carboxylic acids is 1. The van der Waals surface area contributed by atoms with Gasteiger partial charge in [0.25, 0.3) is 0 Å². The molecule has 0 bridgehead atoms. The van der Waals surface area contributed by atoms with Crippen molar-refractivity contribution >= 4 is 17.7 Å². The van der Waals surface area contributed by atoms with Crippen LogP contribution in [0.1, 0.15) is 38.3 Å². The molecule has 1 saturated heterocycles. The molecule has 1 N–H and O–H groups in total. The Bertz CT molecular complexity index is 907. The molecular formula is C22H28F3N5O2. The summed E-state index contributed by atoms with van der Waals surface area (Å²) in [4.78, 5) is 23.2. The molecule has 10 heteroatoms. The Morgan fingerprint density at radius 3 is 2.69 bits per heavy atom. The standard InChI is InChI=1S/C22H28F3N5O2/c1-15(27-16(2)31)17-4-6-18(7-5-17)32-19-9-12-30(14-19)20-8-11-26-21(28-20)29(3)13-10-22(23,24)25/h4-8,11,15,19H,9-10,12-14H2,1-3H3,(H,27,31)/t15-,19+/m0/s1. The number of hydrogen-bond donors (Lipinski definition) is 1. The van der Waals surface area contributed by atoms with Gasteiger partial charge in [-0.2, -0.15) is 18.2 Å². The number of hydrogen-bond acceptors (Lipinski definition) is 6. The van der Waals surface area contributed by atoms with Crippen LogP contribution in [0.15, 0.2) is 36.5 Å². The smallest absolute Gasteiger partial charge is 0.390 e.